The number of carbonyl (C=O) groups is 1. The van der Waals surface area contributed by atoms with Crippen molar-refractivity contribution in [1.29, 1.82) is 0 Å². The number of hydrogen-bond acceptors (Lipinski definition) is 3. The van der Waals surface area contributed by atoms with Crippen LogP contribution < -0.4 is 5.32 Å². The molecule has 1 aliphatic rings. The van der Waals surface area contributed by atoms with Crippen molar-refractivity contribution in [3.05, 3.63) is 17.5 Å². The predicted octanol–water partition coefficient (Wildman–Crippen LogP) is 2.44. The topological polar surface area (TPSA) is 67.2 Å². The SMILES string of the molecule is CCC(CC)n1ncc(C(=O)NCC2CCCC2O)c1C. The van der Waals surface area contributed by atoms with Crippen LogP contribution in [-0.2, 0) is 0 Å². The zero-order chi connectivity index (χ0) is 15.4. The van der Waals surface area contributed by atoms with Crippen molar-refractivity contribution in [3.8, 4) is 0 Å². The Bertz CT molecular complexity index is 480. The molecule has 2 N–H and O–H groups in total. The molecule has 1 aromatic rings. The Kier molecular flexibility index (Phi) is 5.39. The molecule has 2 rings (SSSR count). The molecular formula is C16H27N3O2. The lowest BCUT2D eigenvalue weighted by molar-refractivity contribution is 0.0916. The molecular weight excluding hydrogens is 266 g/mol. The largest absolute Gasteiger partial charge is 0.393 e. The zero-order valence-corrected chi connectivity index (χ0v) is 13.3. The van der Waals surface area contributed by atoms with Gasteiger partial charge in [0, 0.05) is 18.2 Å². The van der Waals surface area contributed by atoms with Crippen LogP contribution in [0, 0.1) is 12.8 Å². The van der Waals surface area contributed by atoms with E-state index in [0.717, 1.165) is 37.8 Å². The molecule has 118 valence electrons. The van der Waals surface area contributed by atoms with Gasteiger partial charge in [-0.15, -0.1) is 0 Å². The number of rotatable bonds is 6. The highest BCUT2D eigenvalue weighted by atomic mass is 16.3. The lowest BCUT2D eigenvalue weighted by Crippen LogP contribution is -2.32. The molecule has 1 heterocycles. The highest BCUT2D eigenvalue weighted by Crippen LogP contribution is 2.25. The Morgan fingerprint density at radius 2 is 2.19 bits per heavy atom. The van der Waals surface area contributed by atoms with E-state index in [1.54, 1.807) is 6.20 Å². The monoisotopic (exact) mass is 293 g/mol. The summed E-state index contributed by atoms with van der Waals surface area (Å²) in [5.41, 5.74) is 1.57. The van der Waals surface area contributed by atoms with E-state index in [4.69, 9.17) is 0 Å². The molecule has 5 nitrogen and oxygen atoms in total. The van der Waals surface area contributed by atoms with Gasteiger partial charge in [0.15, 0.2) is 0 Å². The fourth-order valence-corrected chi connectivity index (χ4v) is 3.22. The van der Waals surface area contributed by atoms with Gasteiger partial charge in [-0.1, -0.05) is 20.3 Å². The smallest absolute Gasteiger partial charge is 0.254 e. The van der Waals surface area contributed by atoms with E-state index < -0.39 is 0 Å². The molecule has 0 spiro atoms. The van der Waals surface area contributed by atoms with E-state index in [1.807, 2.05) is 11.6 Å². The van der Waals surface area contributed by atoms with Gasteiger partial charge in [-0.25, -0.2) is 0 Å². The summed E-state index contributed by atoms with van der Waals surface area (Å²) in [6.45, 7) is 6.77. The molecule has 2 atom stereocenters. The average Bonchev–Trinajstić information content (AvgIpc) is 3.05. The molecule has 5 heteroatoms. The summed E-state index contributed by atoms with van der Waals surface area (Å²) < 4.78 is 1.96. The van der Waals surface area contributed by atoms with Crippen molar-refractivity contribution < 1.29 is 9.90 Å². The second kappa shape index (κ2) is 7.07. The normalized spacial score (nSPS) is 22.0. The van der Waals surface area contributed by atoms with Crippen LogP contribution in [0.15, 0.2) is 6.20 Å². The summed E-state index contributed by atoms with van der Waals surface area (Å²) in [7, 11) is 0. The number of aliphatic hydroxyl groups excluding tert-OH is 1. The number of carbonyl (C=O) groups excluding carboxylic acids is 1. The second-order valence-corrected chi connectivity index (χ2v) is 6.03. The average molecular weight is 293 g/mol. The lowest BCUT2D eigenvalue weighted by Gasteiger charge is -2.16. The molecule has 21 heavy (non-hydrogen) atoms. The molecule has 1 amide bonds. The third kappa shape index (κ3) is 3.46. The van der Waals surface area contributed by atoms with Crippen LogP contribution >= 0.6 is 0 Å². The molecule has 2 unspecified atom stereocenters. The lowest BCUT2D eigenvalue weighted by atomic mass is 10.1. The minimum absolute atomic E-state index is 0.0798. The first kappa shape index (κ1) is 16.0. The Morgan fingerprint density at radius 3 is 2.76 bits per heavy atom. The van der Waals surface area contributed by atoms with Gasteiger partial charge in [-0.2, -0.15) is 5.10 Å². The number of amides is 1. The molecule has 1 saturated carbocycles. The Balaban J connectivity index is 1.99. The van der Waals surface area contributed by atoms with Gasteiger partial charge >= 0.3 is 0 Å². The van der Waals surface area contributed by atoms with E-state index in [9.17, 15) is 9.90 Å². The van der Waals surface area contributed by atoms with Crippen molar-refractivity contribution in [3.63, 3.8) is 0 Å². The number of nitrogens with zero attached hydrogens (tertiary/aromatic N) is 2. The standard InChI is InChI=1S/C16H27N3O2/c1-4-13(5-2)19-11(3)14(10-18-19)16(21)17-9-12-7-6-8-15(12)20/h10,12-13,15,20H,4-9H2,1-3H3,(H,17,21). The van der Waals surface area contributed by atoms with Gasteiger partial charge in [-0.3, -0.25) is 9.48 Å². The Labute approximate surface area is 126 Å². The number of aliphatic hydroxyl groups is 1. The maximum atomic E-state index is 12.3. The Morgan fingerprint density at radius 1 is 1.48 bits per heavy atom. The number of hydrogen-bond donors (Lipinski definition) is 2. The minimum Gasteiger partial charge on any atom is -0.393 e. The molecule has 1 aliphatic carbocycles. The van der Waals surface area contributed by atoms with Crippen molar-refractivity contribution in [2.24, 2.45) is 5.92 Å². The molecule has 0 radical (unpaired) electrons. The second-order valence-electron chi connectivity index (χ2n) is 6.03. The molecule has 1 fully saturated rings. The molecule has 0 aromatic carbocycles. The zero-order valence-electron chi connectivity index (χ0n) is 13.3. The highest BCUT2D eigenvalue weighted by Gasteiger charge is 2.26. The fourth-order valence-electron chi connectivity index (χ4n) is 3.22. The molecule has 0 saturated heterocycles. The summed E-state index contributed by atoms with van der Waals surface area (Å²) in [6, 6.07) is 0.350. The maximum Gasteiger partial charge on any atom is 0.254 e. The van der Waals surface area contributed by atoms with E-state index in [1.165, 1.54) is 0 Å². The van der Waals surface area contributed by atoms with Crippen LogP contribution in [0.1, 0.15) is 68.0 Å². The van der Waals surface area contributed by atoms with Gasteiger partial charge < -0.3 is 10.4 Å². The fraction of sp³-hybridized carbons (Fsp3) is 0.750. The van der Waals surface area contributed by atoms with E-state index >= 15 is 0 Å². The molecule has 1 aromatic heterocycles. The Hall–Kier alpha value is -1.36. The van der Waals surface area contributed by atoms with Crippen molar-refractivity contribution in [1.82, 2.24) is 15.1 Å². The van der Waals surface area contributed by atoms with E-state index in [-0.39, 0.29) is 17.9 Å². The third-order valence-corrected chi connectivity index (χ3v) is 4.72. The quantitative estimate of drug-likeness (QED) is 0.846. The van der Waals surface area contributed by atoms with Crippen LogP contribution in [0.3, 0.4) is 0 Å². The van der Waals surface area contributed by atoms with Gasteiger partial charge in [-0.05, 0) is 32.6 Å². The van der Waals surface area contributed by atoms with Gasteiger partial charge in [0.25, 0.3) is 5.91 Å². The molecule has 0 bridgehead atoms. The summed E-state index contributed by atoms with van der Waals surface area (Å²) in [4.78, 5) is 12.3. The predicted molar refractivity (Wildman–Crippen MR) is 82.3 cm³/mol. The van der Waals surface area contributed by atoms with Crippen LogP contribution in [-0.4, -0.2) is 33.4 Å². The van der Waals surface area contributed by atoms with Gasteiger partial charge in [0.05, 0.1) is 23.9 Å². The first-order chi connectivity index (χ1) is 10.1. The first-order valence-electron chi connectivity index (χ1n) is 8.08. The van der Waals surface area contributed by atoms with Crippen molar-refractivity contribution >= 4 is 5.91 Å². The third-order valence-electron chi connectivity index (χ3n) is 4.72. The number of nitrogens with one attached hydrogen (secondary N) is 1. The summed E-state index contributed by atoms with van der Waals surface area (Å²) in [5, 5.41) is 17.1. The van der Waals surface area contributed by atoms with Gasteiger partial charge in [0.2, 0.25) is 0 Å². The number of aromatic nitrogens is 2. The van der Waals surface area contributed by atoms with Crippen LogP contribution in [0.25, 0.3) is 0 Å². The molecule has 0 aliphatic heterocycles. The van der Waals surface area contributed by atoms with Crippen LogP contribution in [0.5, 0.6) is 0 Å². The summed E-state index contributed by atoms with van der Waals surface area (Å²) >= 11 is 0. The first-order valence-corrected chi connectivity index (χ1v) is 8.08. The summed E-state index contributed by atoms with van der Waals surface area (Å²) in [5.74, 6) is 0.118. The van der Waals surface area contributed by atoms with Crippen LogP contribution in [0.2, 0.25) is 0 Å². The van der Waals surface area contributed by atoms with Crippen LogP contribution in [0.4, 0.5) is 0 Å². The van der Waals surface area contributed by atoms with Crippen molar-refractivity contribution in [2.45, 2.75) is 65.0 Å². The maximum absolute atomic E-state index is 12.3. The van der Waals surface area contributed by atoms with E-state index in [0.29, 0.717) is 18.2 Å². The minimum atomic E-state index is -0.265. The van der Waals surface area contributed by atoms with Gasteiger partial charge in [0.1, 0.15) is 0 Å². The van der Waals surface area contributed by atoms with Crippen molar-refractivity contribution in [2.75, 3.05) is 6.54 Å². The highest BCUT2D eigenvalue weighted by molar-refractivity contribution is 5.95. The summed E-state index contributed by atoms with van der Waals surface area (Å²) in [6.07, 6.45) is 6.31. The van der Waals surface area contributed by atoms with E-state index in [2.05, 4.69) is 24.3 Å².